The molecule has 0 saturated heterocycles. The van der Waals surface area contributed by atoms with Gasteiger partial charge in [0.15, 0.2) is 0 Å². The van der Waals surface area contributed by atoms with Crippen LogP contribution in [0, 0.1) is 52.3 Å². The quantitative estimate of drug-likeness (QED) is 0.438. The third-order valence-corrected chi connectivity index (χ3v) is 10.7. The number of hydrogen-bond donors (Lipinski definition) is 0. The molecule has 180 valence electrons. The molecule has 4 saturated carbocycles. The maximum Gasteiger partial charge on any atom is 0.316 e. The molecule has 0 aromatic heterocycles. The second kappa shape index (κ2) is 8.52. The first-order chi connectivity index (χ1) is 15.1. The number of carbonyl (C=O) groups excluding carboxylic acids is 3. The van der Waals surface area contributed by atoms with E-state index in [0.29, 0.717) is 23.5 Å². The second-order valence-corrected chi connectivity index (χ2v) is 11.8. The summed E-state index contributed by atoms with van der Waals surface area (Å²) in [7, 11) is 1.81. The molecule has 5 heteroatoms. The lowest BCUT2D eigenvalue weighted by Gasteiger charge is -2.62. The van der Waals surface area contributed by atoms with Gasteiger partial charge in [-0.1, -0.05) is 27.7 Å². The molecule has 0 spiro atoms. The molecule has 0 aromatic carbocycles. The van der Waals surface area contributed by atoms with Gasteiger partial charge in [-0.3, -0.25) is 14.4 Å². The van der Waals surface area contributed by atoms with Crippen LogP contribution in [0.15, 0.2) is 0 Å². The van der Waals surface area contributed by atoms with Crippen LogP contribution in [0.1, 0.15) is 86.0 Å². The number of Topliss-reactive ketones (excluding diaryl/α,β-unsaturated/α-hetero) is 1. The predicted octanol–water partition coefficient (Wildman–Crippen LogP) is 5.20. The van der Waals surface area contributed by atoms with Gasteiger partial charge in [-0.15, -0.1) is 0 Å². The van der Waals surface area contributed by atoms with E-state index < -0.39 is 11.9 Å². The Morgan fingerprint density at radius 2 is 1.69 bits per heavy atom. The first kappa shape index (κ1) is 23.9. The molecule has 4 fully saturated rings. The molecule has 4 aliphatic carbocycles. The molecule has 0 bridgehead atoms. The minimum Gasteiger partial charge on any atom is -0.393 e. The minimum atomic E-state index is -0.538. The van der Waals surface area contributed by atoms with Crippen LogP contribution in [0.5, 0.6) is 0 Å². The monoisotopic (exact) mass is 446 g/mol. The summed E-state index contributed by atoms with van der Waals surface area (Å²) in [5.74, 6) is 0.839. The van der Waals surface area contributed by atoms with Gasteiger partial charge in [0.05, 0.1) is 12.0 Å². The van der Waals surface area contributed by atoms with Crippen molar-refractivity contribution in [3.05, 3.63) is 0 Å². The molecule has 5 nitrogen and oxygen atoms in total. The number of hydrogen-bond acceptors (Lipinski definition) is 5. The molecular formula is C27H42O5. The highest BCUT2D eigenvalue weighted by molar-refractivity contribution is 5.87. The summed E-state index contributed by atoms with van der Waals surface area (Å²) in [5, 5.41) is 0. The molecule has 10 atom stereocenters. The summed E-state index contributed by atoms with van der Waals surface area (Å²) in [6.07, 6.45) is 8.51. The molecular weight excluding hydrogens is 404 g/mol. The van der Waals surface area contributed by atoms with Crippen LogP contribution in [-0.4, -0.2) is 30.9 Å². The molecule has 0 N–H and O–H groups in total. The van der Waals surface area contributed by atoms with Gasteiger partial charge < -0.3 is 9.47 Å². The smallest absolute Gasteiger partial charge is 0.316 e. The zero-order chi connectivity index (χ0) is 23.4. The van der Waals surface area contributed by atoms with Crippen molar-refractivity contribution in [3.63, 3.8) is 0 Å². The number of ether oxygens (including phenoxy) is 2. The molecule has 32 heavy (non-hydrogen) atoms. The Hall–Kier alpha value is -1.23. The second-order valence-electron chi connectivity index (χ2n) is 11.8. The molecule has 0 unspecified atom stereocenters. The predicted molar refractivity (Wildman–Crippen MR) is 122 cm³/mol. The van der Waals surface area contributed by atoms with Gasteiger partial charge in [-0.2, -0.15) is 0 Å². The molecule has 4 aliphatic rings. The first-order valence-electron chi connectivity index (χ1n) is 12.9. The summed E-state index contributed by atoms with van der Waals surface area (Å²) in [4.78, 5) is 38.0. The maximum absolute atomic E-state index is 14.0. The molecule has 0 radical (unpaired) electrons. The fourth-order valence-electron chi connectivity index (χ4n) is 9.09. The number of rotatable bonds is 4. The minimum absolute atomic E-state index is 0.0444. The maximum atomic E-state index is 14.0. The van der Waals surface area contributed by atoms with E-state index in [4.69, 9.17) is 9.47 Å². The standard InChI is InChI=1S/C27H42O5/c1-7-18-22-14-17(31-6)10-12-27(22,5)21-11-13-26(4)19(15(2)25(30)32-16(3)28)8-9-20(26)23(21)24(18)29/h15,17-23H,7-14H2,1-6H3/t15-,17+,18+,19+,20-,21-,22-,23-,26+,27+/m0/s1. The average Bonchev–Trinajstić information content (AvgIpc) is 3.10. The molecule has 4 rings (SSSR count). The molecule has 0 heterocycles. The number of methoxy groups -OCH3 is 1. The van der Waals surface area contributed by atoms with E-state index >= 15 is 0 Å². The first-order valence-corrected chi connectivity index (χ1v) is 12.9. The molecule has 0 amide bonds. The Bertz CT molecular complexity index is 776. The highest BCUT2D eigenvalue weighted by Crippen LogP contribution is 2.68. The lowest BCUT2D eigenvalue weighted by Crippen LogP contribution is -2.60. The van der Waals surface area contributed by atoms with Crippen LogP contribution in [-0.2, 0) is 23.9 Å². The van der Waals surface area contributed by atoms with Crippen molar-refractivity contribution >= 4 is 17.7 Å². The van der Waals surface area contributed by atoms with Gasteiger partial charge in [-0.25, -0.2) is 0 Å². The van der Waals surface area contributed by atoms with Crippen LogP contribution < -0.4 is 0 Å². The fourth-order valence-corrected chi connectivity index (χ4v) is 9.09. The number of fused-ring (bicyclic) bond motifs is 5. The fraction of sp³-hybridized carbons (Fsp3) is 0.889. The summed E-state index contributed by atoms with van der Waals surface area (Å²) in [6.45, 7) is 10.2. The van der Waals surface area contributed by atoms with Crippen molar-refractivity contribution in [3.8, 4) is 0 Å². The zero-order valence-corrected chi connectivity index (χ0v) is 20.8. The van der Waals surface area contributed by atoms with E-state index in [2.05, 4.69) is 20.8 Å². The Balaban J connectivity index is 1.64. The highest BCUT2D eigenvalue weighted by Gasteiger charge is 2.65. The zero-order valence-electron chi connectivity index (χ0n) is 20.8. The molecule has 0 aliphatic heterocycles. The van der Waals surface area contributed by atoms with Crippen molar-refractivity contribution < 1.29 is 23.9 Å². The summed E-state index contributed by atoms with van der Waals surface area (Å²) in [6, 6.07) is 0. The SMILES string of the molecule is CC[C@H]1C(=O)[C@@H]2[C@H](CC[C@]3(C)[C@@H]([C@H](C)C(=O)OC(C)=O)CC[C@@H]23)[C@@]2(C)CC[C@@H](OC)C[C@@H]12. The van der Waals surface area contributed by atoms with Crippen molar-refractivity contribution in [2.24, 2.45) is 52.3 Å². The summed E-state index contributed by atoms with van der Waals surface area (Å²) in [5.41, 5.74) is 0.157. The largest absolute Gasteiger partial charge is 0.393 e. The summed E-state index contributed by atoms with van der Waals surface area (Å²) >= 11 is 0. The topological polar surface area (TPSA) is 69.7 Å². The third kappa shape index (κ3) is 3.49. The van der Waals surface area contributed by atoms with Crippen LogP contribution in [0.2, 0.25) is 0 Å². The van der Waals surface area contributed by atoms with Crippen molar-refractivity contribution in [2.45, 2.75) is 92.1 Å². The van der Waals surface area contributed by atoms with Crippen molar-refractivity contribution in [1.29, 1.82) is 0 Å². The average molecular weight is 447 g/mol. The Kier molecular flexibility index (Phi) is 6.37. The summed E-state index contributed by atoms with van der Waals surface area (Å²) < 4.78 is 10.7. The van der Waals surface area contributed by atoms with Crippen LogP contribution in [0.25, 0.3) is 0 Å². The number of esters is 2. The van der Waals surface area contributed by atoms with Crippen LogP contribution >= 0.6 is 0 Å². The van der Waals surface area contributed by atoms with E-state index in [1.54, 1.807) is 0 Å². The van der Waals surface area contributed by atoms with Gasteiger partial charge >= 0.3 is 11.9 Å². The lowest BCUT2D eigenvalue weighted by atomic mass is 9.42. The molecule has 0 aromatic rings. The van der Waals surface area contributed by atoms with E-state index in [1.807, 2.05) is 14.0 Å². The van der Waals surface area contributed by atoms with Crippen LogP contribution in [0.3, 0.4) is 0 Å². The van der Waals surface area contributed by atoms with E-state index in [-0.39, 0.29) is 40.6 Å². The van der Waals surface area contributed by atoms with E-state index in [9.17, 15) is 14.4 Å². The van der Waals surface area contributed by atoms with Gasteiger partial charge in [0.1, 0.15) is 5.78 Å². The highest BCUT2D eigenvalue weighted by atomic mass is 16.6. The van der Waals surface area contributed by atoms with Gasteiger partial charge in [0, 0.05) is 25.9 Å². The van der Waals surface area contributed by atoms with Gasteiger partial charge in [0.25, 0.3) is 0 Å². The Morgan fingerprint density at radius 1 is 1.03 bits per heavy atom. The van der Waals surface area contributed by atoms with Crippen molar-refractivity contribution in [2.75, 3.05) is 7.11 Å². The van der Waals surface area contributed by atoms with E-state index in [0.717, 1.165) is 51.4 Å². The van der Waals surface area contributed by atoms with Gasteiger partial charge in [-0.05, 0) is 85.9 Å². The van der Waals surface area contributed by atoms with Crippen molar-refractivity contribution in [1.82, 2.24) is 0 Å². The number of ketones is 1. The lowest BCUT2D eigenvalue weighted by molar-refractivity contribution is -0.176. The van der Waals surface area contributed by atoms with Crippen LogP contribution in [0.4, 0.5) is 0 Å². The van der Waals surface area contributed by atoms with Gasteiger partial charge in [0.2, 0.25) is 0 Å². The normalized spacial score (nSPS) is 46.6. The van der Waals surface area contributed by atoms with E-state index in [1.165, 1.54) is 6.92 Å². The number of carbonyl (C=O) groups is 3. The Morgan fingerprint density at radius 3 is 2.31 bits per heavy atom. The Labute approximate surface area is 193 Å². The third-order valence-electron chi connectivity index (χ3n) is 10.7.